The summed E-state index contributed by atoms with van der Waals surface area (Å²) in [5, 5.41) is 18.2. The van der Waals surface area contributed by atoms with Crippen LogP contribution < -0.4 is 10.9 Å². The second-order valence-electron chi connectivity index (χ2n) is 4.88. The highest BCUT2D eigenvalue weighted by molar-refractivity contribution is 5.95. The van der Waals surface area contributed by atoms with E-state index in [1.54, 1.807) is 13.8 Å². The minimum atomic E-state index is -0.548. The maximum Gasteiger partial charge on any atom is 0.277 e. The number of hydrogen-bond acceptors (Lipinski definition) is 4. The first-order valence-electron chi connectivity index (χ1n) is 5.98. The van der Waals surface area contributed by atoms with E-state index in [4.69, 9.17) is 0 Å². The molecule has 1 aliphatic rings. The summed E-state index contributed by atoms with van der Waals surface area (Å²) in [6, 6.07) is 0. The van der Waals surface area contributed by atoms with Crippen LogP contribution in [0.2, 0.25) is 0 Å². The first-order chi connectivity index (χ1) is 8.49. The Morgan fingerprint density at radius 3 is 2.67 bits per heavy atom. The monoisotopic (exact) mass is 251 g/mol. The van der Waals surface area contributed by atoms with E-state index in [0.717, 1.165) is 19.3 Å². The lowest BCUT2D eigenvalue weighted by Crippen LogP contribution is -2.56. The molecular weight excluding hydrogens is 234 g/mol. The van der Waals surface area contributed by atoms with Crippen molar-refractivity contribution in [3.05, 3.63) is 27.2 Å². The number of carbonyl (C=O) groups excluding carboxylic acids is 1. The standard InChI is InChI=1S/C12H17N3O3/c1-7-8(2)14-15-11(18)9(7)10(17)13-12(6-16)4-3-5-12/h16H,3-6H2,1-2H3,(H,13,17)(H,15,18). The van der Waals surface area contributed by atoms with Crippen molar-refractivity contribution >= 4 is 5.91 Å². The maximum absolute atomic E-state index is 12.1. The van der Waals surface area contributed by atoms with Gasteiger partial charge in [0.2, 0.25) is 0 Å². The molecule has 6 nitrogen and oxygen atoms in total. The van der Waals surface area contributed by atoms with Gasteiger partial charge in [-0.15, -0.1) is 0 Å². The molecule has 0 aliphatic heterocycles. The van der Waals surface area contributed by atoms with Gasteiger partial charge in [-0.05, 0) is 38.7 Å². The molecule has 1 amide bonds. The molecule has 0 aromatic carbocycles. The predicted molar refractivity (Wildman–Crippen MR) is 65.5 cm³/mol. The molecule has 1 heterocycles. The number of nitrogens with zero attached hydrogens (tertiary/aromatic N) is 1. The van der Waals surface area contributed by atoms with Crippen molar-refractivity contribution in [2.24, 2.45) is 0 Å². The van der Waals surface area contributed by atoms with Crippen LogP contribution in [0.15, 0.2) is 4.79 Å². The molecule has 3 N–H and O–H groups in total. The Labute approximate surface area is 104 Å². The van der Waals surface area contributed by atoms with Crippen LogP contribution in [0, 0.1) is 13.8 Å². The highest BCUT2D eigenvalue weighted by atomic mass is 16.3. The average molecular weight is 251 g/mol. The number of aliphatic hydroxyl groups is 1. The van der Waals surface area contributed by atoms with Crippen LogP contribution in [-0.4, -0.2) is 33.4 Å². The van der Waals surface area contributed by atoms with Gasteiger partial charge in [0.1, 0.15) is 5.56 Å². The molecule has 6 heteroatoms. The van der Waals surface area contributed by atoms with E-state index in [-0.39, 0.29) is 12.2 Å². The molecule has 2 rings (SSSR count). The van der Waals surface area contributed by atoms with E-state index < -0.39 is 17.0 Å². The van der Waals surface area contributed by atoms with Gasteiger partial charge in [-0.3, -0.25) is 9.59 Å². The molecule has 18 heavy (non-hydrogen) atoms. The zero-order chi connectivity index (χ0) is 13.3. The van der Waals surface area contributed by atoms with Crippen molar-refractivity contribution in [3.63, 3.8) is 0 Å². The van der Waals surface area contributed by atoms with E-state index in [0.29, 0.717) is 11.3 Å². The number of aromatic amines is 1. The van der Waals surface area contributed by atoms with E-state index in [9.17, 15) is 14.7 Å². The topological polar surface area (TPSA) is 95.1 Å². The van der Waals surface area contributed by atoms with Crippen LogP contribution in [0.3, 0.4) is 0 Å². The molecule has 0 atom stereocenters. The summed E-state index contributed by atoms with van der Waals surface area (Å²) in [5.41, 5.74) is 0.230. The molecule has 0 saturated heterocycles. The number of rotatable bonds is 3. The van der Waals surface area contributed by atoms with Crippen molar-refractivity contribution in [3.8, 4) is 0 Å². The first-order valence-corrected chi connectivity index (χ1v) is 5.98. The Balaban J connectivity index is 2.29. The zero-order valence-electron chi connectivity index (χ0n) is 10.5. The number of carbonyl (C=O) groups is 1. The minimum absolute atomic E-state index is 0.0854. The highest BCUT2D eigenvalue weighted by Crippen LogP contribution is 2.31. The van der Waals surface area contributed by atoms with Crippen LogP contribution in [0.4, 0.5) is 0 Å². The summed E-state index contributed by atoms with van der Waals surface area (Å²) in [5.74, 6) is -0.437. The van der Waals surface area contributed by atoms with Gasteiger partial charge in [0.25, 0.3) is 11.5 Å². The second-order valence-corrected chi connectivity index (χ2v) is 4.88. The molecule has 1 fully saturated rings. The quantitative estimate of drug-likeness (QED) is 0.706. The number of aromatic nitrogens is 2. The van der Waals surface area contributed by atoms with Crippen molar-refractivity contribution in [2.75, 3.05) is 6.61 Å². The summed E-state index contributed by atoms with van der Waals surface area (Å²) in [4.78, 5) is 23.8. The fourth-order valence-electron chi connectivity index (χ4n) is 2.13. The fraction of sp³-hybridized carbons (Fsp3) is 0.583. The maximum atomic E-state index is 12.1. The number of amides is 1. The van der Waals surface area contributed by atoms with Gasteiger partial charge in [-0.25, -0.2) is 5.10 Å². The Bertz CT molecular complexity index is 526. The molecule has 0 bridgehead atoms. The number of hydrogen-bond donors (Lipinski definition) is 3. The van der Waals surface area contributed by atoms with E-state index in [1.807, 2.05) is 0 Å². The van der Waals surface area contributed by atoms with E-state index in [1.165, 1.54) is 0 Å². The second kappa shape index (κ2) is 4.53. The van der Waals surface area contributed by atoms with Gasteiger partial charge < -0.3 is 10.4 Å². The van der Waals surface area contributed by atoms with Crippen LogP contribution in [0.1, 0.15) is 40.9 Å². The SMILES string of the molecule is Cc1n[nH]c(=O)c(C(=O)NC2(CO)CCC2)c1C. The highest BCUT2D eigenvalue weighted by Gasteiger charge is 2.38. The Kier molecular flexibility index (Phi) is 3.21. The van der Waals surface area contributed by atoms with Crippen LogP contribution in [-0.2, 0) is 0 Å². The number of nitrogens with one attached hydrogen (secondary N) is 2. The minimum Gasteiger partial charge on any atom is -0.394 e. The van der Waals surface area contributed by atoms with E-state index >= 15 is 0 Å². The summed E-state index contributed by atoms with van der Waals surface area (Å²) < 4.78 is 0. The molecule has 1 saturated carbocycles. The zero-order valence-corrected chi connectivity index (χ0v) is 10.5. The largest absolute Gasteiger partial charge is 0.394 e. The van der Waals surface area contributed by atoms with Crippen molar-refractivity contribution in [1.29, 1.82) is 0 Å². The number of H-pyrrole nitrogens is 1. The fourth-order valence-corrected chi connectivity index (χ4v) is 2.13. The van der Waals surface area contributed by atoms with Gasteiger partial charge >= 0.3 is 0 Å². The van der Waals surface area contributed by atoms with Gasteiger partial charge in [0.05, 0.1) is 17.8 Å². The first kappa shape index (κ1) is 12.8. The molecule has 0 radical (unpaired) electrons. The van der Waals surface area contributed by atoms with Gasteiger partial charge in [0.15, 0.2) is 0 Å². The molecule has 98 valence electrons. The summed E-state index contributed by atoms with van der Waals surface area (Å²) in [6.45, 7) is 3.33. The summed E-state index contributed by atoms with van der Waals surface area (Å²) >= 11 is 0. The van der Waals surface area contributed by atoms with Crippen LogP contribution in [0.5, 0.6) is 0 Å². The average Bonchev–Trinajstić information content (AvgIpc) is 2.29. The molecule has 1 aromatic rings. The molecular formula is C12H17N3O3. The molecule has 0 spiro atoms. The van der Waals surface area contributed by atoms with Crippen LogP contribution in [0.25, 0.3) is 0 Å². The Morgan fingerprint density at radius 2 is 2.17 bits per heavy atom. The summed E-state index contributed by atoms with van der Waals surface area (Å²) in [6.07, 6.45) is 2.47. The van der Waals surface area contributed by atoms with Gasteiger partial charge in [-0.1, -0.05) is 0 Å². The van der Waals surface area contributed by atoms with Crippen molar-refractivity contribution < 1.29 is 9.90 Å². The molecule has 1 aromatic heterocycles. The van der Waals surface area contributed by atoms with Gasteiger partial charge in [0, 0.05) is 0 Å². The smallest absolute Gasteiger partial charge is 0.277 e. The molecule has 1 aliphatic carbocycles. The Hall–Kier alpha value is -1.69. The lowest BCUT2D eigenvalue weighted by Gasteiger charge is -2.40. The van der Waals surface area contributed by atoms with Crippen molar-refractivity contribution in [1.82, 2.24) is 15.5 Å². The number of aryl methyl sites for hydroxylation is 1. The summed E-state index contributed by atoms with van der Waals surface area (Å²) in [7, 11) is 0. The predicted octanol–water partition coefficient (Wildman–Crippen LogP) is 0.0315. The third-order valence-electron chi connectivity index (χ3n) is 3.69. The lowest BCUT2D eigenvalue weighted by molar-refractivity contribution is 0.0639. The lowest BCUT2D eigenvalue weighted by atomic mass is 9.77. The van der Waals surface area contributed by atoms with Gasteiger partial charge in [-0.2, -0.15) is 5.10 Å². The third kappa shape index (κ3) is 2.03. The van der Waals surface area contributed by atoms with Crippen molar-refractivity contribution in [2.45, 2.75) is 38.6 Å². The third-order valence-corrected chi connectivity index (χ3v) is 3.69. The normalized spacial score (nSPS) is 17.1. The van der Waals surface area contributed by atoms with Crippen LogP contribution >= 0.6 is 0 Å². The molecule has 0 unspecified atom stereocenters. The number of aliphatic hydroxyl groups excluding tert-OH is 1. The van der Waals surface area contributed by atoms with E-state index in [2.05, 4.69) is 15.5 Å². The Morgan fingerprint density at radius 1 is 1.50 bits per heavy atom.